The fourth-order valence-electron chi connectivity index (χ4n) is 1.33. The first-order chi connectivity index (χ1) is 8.97. The van der Waals surface area contributed by atoms with E-state index in [1.54, 1.807) is 6.07 Å². The molecule has 2 aromatic rings. The minimum Gasteiger partial charge on any atom is -0.487 e. The van der Waals surface area contributed by atoms with Gasteiger partial charge in [0.1, 0.15) is 23.1 Å². The lowest BCUT2D eigenvalue weighted by Gasteiger charge is -2.07. The van der Waals surface area contributed by atoms with Crippen LogP contribution in [0.25, 0.3) is 0 Å². The van der Waals surface area contributed by atoms with Crippen LogP contribution in [0.2, 0.25) is 5.02 Å². The van der Waals surface area contributed by atoms with Crippen molar-refractivity contribution in [1.29, 1.82) is 0 Å². The highest BCUT2D eigenvalue weighted by atomic mass is 79.9. The molecule has 0 aliphatic carbocycles. The minimum atomic E-state index is -0.977. The van der Waals surface area contributed by atoms with Gasteiger partial charge in [0.15, 0.2) is 0 Å². The number of rotatable bonds is 4. The molecule has 1 N–H and O–H groups in total. The number of carbonyl (C=O) groups is 1. The van der Waals surface area contributed by atoms with Crippen LogP contribution in [-0.4, -0.2) is 11.1 Å². The normalized spacial score (nSPS) is 10.5. The van der Waals surface area contributed by atoms with Gasteiger partial charge in [-0.1, -0.05) is 11.6 Å². The van der Waals surface area contributed by atoms with Crippen molar-refractivity contribution in [2.45, 2.75) is 6.61 Å². The molecule has 0 aliphatic rings. The van der Waals surface area contributed by atoms with Crippen LogP contribution < -0.4 is 4.74 Å². The van der Waals surface area contributed by atoms with Crippen LogP contribution in [0.15, 0.2) is 28.7 Å². The Morgan fingerprint density at radius 1 is 1.47 bits per heavy atom. The van der Waals surface area contributed by atoms with E-state index in [1.165, 1.54) is 18.2 Å². The van der Waals surface area contributed by atoms with E-state index in [-0.39, 0.29) is 16.5 Å². The minimum absolute atomic E-state index is 0.00325. The molecule has 0 saturated heterocycles. The van der Waals surface area contributed by atoms with E-state index < -0.39 is 11.8 Å². The highest BCUT2D eigenvalue weighted by molar-refractivity contribution is 9.10. The zero-order valence-corrected chi connectivity index (χ0v) is 12.5. The molecule has 2 rings (SSSR count). The first-order valence-electron chi connectivity index (χ1n) is 5.06. The summed E-state index contributed by atoms with van der Waals surface area (Å²) in [5.74, 6) is -1.24. The Labute approximate surface area is 125 Å². The number of thiophene rings is 1. The zero-order valence-electron chi connectivity index (χ0n) is 9.32. The van der Waals surface area contributed by atoms with Gasteiger partial charge in [-0.05, 0) is 34.1 Å². The topological polar surface area (TPSA) is 46.5 Å². The Kier molecular flexibility index (Phi) is 4.44. The van der Waals surface area contributed by atoms with E-state index in [9.17, 15) is 9.18 Å². The molecule has 0 fully saturated rings. The number of benzene rings is 1. The largest absolute Gasteiger partial charge is 0.487 e. The Morgan fingerprint density at radius 2 is 2.21 bits per heavy atom. The van der Waals surface area contributed by atoms with Gasteiger partial charge in [0, 0.05) is 10.9 Å². The van der Waals surface area contributed by atoms with E-state index in [1.807, 2.05) is 0 Å². The Morgan fingerprint density at radius 3 is 2.84 bits per heavy atom. The molecule has 1 aromatic carbocycles. The fourth-order valence-corrected chi connectivity index (χ4v) is 2.85. The molecule has 100 valence electrons. The highest BCUT2D eigenvalue weighted by Gasteiger charge is 2.10. The lowest BCUT2D eigenvalue weighted by molar-refractivity contribution is 0.0702. The number of ether oxygens (including phenoxy) is 1. The molecular formula is C12H7BrClFO3S. The van der Waals surface area contributed by atoms with Gasteiger partial charge in [0.05, 0.1) is 9.50 Å². The summed E-state index contributed by atoms with van der Waals surface area (Å²) >= 11 is 9.95. The average Bonchev–Trinajstić information content (AvgIpc) is 2.81. The second-order valence-electron chi connectivity index (χ2n) is 3.56. The monoisotopic (exact) mass is 364 g/mol. The number of hydrogen-bond acceptors (Lipinski definition) is 3. The van der Waals surface area contributed by atoms with Crippen LogP contribution in [0, 0.1) is 5.82 Å². The molecule has 3 nitrogen and oxygen atoms in total. The number of carboxylic acid groups (broad SMARTS) is 1. The van der Waals surface area contributed by atoms with Gasteiger partial charge >= 0.3 is 5.97 Å². The lowest BCUT2D eigenvalue weighted by Crippen LogP contribution is -1.95. The molecule has 0 unspecified atom stereocenters. The van der Waals surface area contributed by atoms with Crippen molar-refractivity contribution < 1.29 is 19.0 Å². The Hall–Kier alpha value is -1.11. The van der Waals surface area contributed by atoms with Crippen molar-refractivity contribution >= 4 is 44.8 Å². The molecule has 0 aliphatic heterocycles. The third-order valence-electron chi connectivity index (χ3n) is 2.22. The lowest BCUT2D eigenvalue weighted by atomic mass is 10.3. The summed E-state index contributed by atoms with van der Waals surface area (Å²) in [7, 11) is 0. The van der Waals surface area contributed by atoms with Crippen molar-refractivity contribution in [2.75, 3.05) is 0 Å². The highest BCUT2D eigenvalue weighted by Crippen LogP contribution is 2.31. The number of hydrogen-bond donors (Lipinski definition) is 1. The van der Waals surface area contributed by atoms with E-state index in [2.05, 4.69) is 15.9 Å². The van der Waals surface area contributed by atoms with Crippen LogP contribution in [-0.2, 0) is 6.61 Å². The van der Waals surface area contributed by atoms with Crippen LogP contribution in [0.5, 0.6) is 5.75 Å². The molecule has 1 aromatic heterocycles. The van der Waals surface area contributed by atoms with E-state index in [0.29, 0.717) is 10.2 Å². The molecule has 1 heterocycles. The van der Waals surface area contributed by atoms with Crippen LogP contribution in [0.4, 0.5) is 4.39 Å². The molecule has 0 atom stereocenters. The second kappa shape index (κ2) is 5.90. The molecule has 19 heavy (non-hydrogen) atoms. The maximum atomic E-state index is 13.3. The van der Waals surface area contributed by atoms with E-state index >= 15 is 0 Å². The van der Waals surface area contributed by atoms with Gasteiger partial charge in [-0.25, -0.2) is 9.18 Å². The fraction of sp³-hybridized carbons (Fsp3) is 0.0833. The summed E-state index contributed by atoms with van der Waals surface area (Å²) in [6.45, 7) is 0.164. The van der Waals surface area contributed by atoms with Gasteiger partial charge in [-0.2, -0.15) is 0 Å². The first-order valence-corrected chi connectivity index (χ1v) is 7.05. The van der Waals surface area contributed by atoms with Gasteiger partial charge in [0.2, 0.25) is 0 Å². The quantitative estimate of drug-likeness (QED) is 0.807. The van der Waals surface area contributed by atoms with Gasteiger partial charge in [-0.3, -0.25) is 0 Å². The molecule has 0 saturated carbocycles. The average molecular weight is 366 g/mol. The van der Waals surface area contributed by atoms with Crippen LogP contribution in [0.1, 0.15) is 14.5 Å². The maximum absolute atomic E-state index is 13.3. The summed E-state index contributed by atoms with van der Waals surface area (Å²) < 4.78 is 19.2. The van der Waals surface area contributed by atoms with E-state index in [0.717, 1.165) is 16.2 Å². The SMILES string of the molecule is O=C(O)c1ccc(COc2cc(F)c(Cl)cc2Br)s1. The molecular weight excluding hydrogens is 359 g/mol. The zero-order chi connectivity index (χ0) is 14.0. The van der Waals surface area contributed by atoms with Gasteiger partial charge in [0.25, 0.3) is 0 Å². The third-order valence-corrected chi connectivity index (χ3v) is 4.17. The van der Waals surface area contributed by atoms with Crippen molar-refractivity contribution in [3.63, 3.8) is 0 Å². The van der Waals surface area contributed by atoms with Gasteiger partial charge < -0.3 is 9.84 Å². The molecule has 7 heteroatoms. The Balaban J connectivity index is 2.09. The van der Waals surface area contributed by atoms with Crippen molar-refractivity contribution in [3.8, 4) is 5.75 Å². The summed E-state index contributed by atoms with van der Waals surface area (Å²) in [5.41, 5.74) is 0. The standard InChI is InChI=1S/C12H7BrClFO3S/c13-7-3-8(14)9(15)4-10(7)18-5-6-1-2-11(19-6)12(16)17/h1-4H,5H2,(H,16,17). The second-order valence-corrected chi connectivity index (χ2v) is 5.99. The van der Waals surface area contributed by atoms with E-state index in [4.69, 9.17) is 21.4 Å². The van der Waals surface area contributed by atoms with Gasteiger partial charge in [-0.15, -0.1) is 11.3 Å². The van der Waals surface area contributed by atoms with Crippen molar-refractivity contribution in [1.82, 2.24) is 0 Å². The number of carboxylic acids is 1. The molecule has 0 radical (unpaired) electrons. The van der Waals surface area contributed by atoms with Crippen molar-refractivity contribution in [2.24, 2.45) is 0 Å². The number of halogens is 3. The van der Waals surface area contributed by atoms with Crippen molar-refractivity contribution in [3.05, 3.63) is 49.3 Å². The molecule has 0 spiro atoms. The smallest absolute Gasteiger partial charge is 0.345 e. The number of aromatic carboxylic acids is 1. The Bertz CT molecular complexity index is 629. The molecule has 0 bridgehead atoms. The molecule has 0 amide bonds. The maximum Gasteiger partial charge on any atom is 0.345 e. The summed E-state index contributed by atoms with van der Waals surface area (Å²) in [5, 5.41) is 8.80. The summed E-state index contributed by atoms with van der Waals surface area (Å²) in [6, 6.07) is 5.75. The van der Waals surface area contributed by atoms with Crippen LogP contribution in [0.3, 0.4) is 0 Å². The predicted molar refractivity (Wildman–Crippen MR) is 74.7 cm³/mol. The predicted octanol–water partition coefficient (Wildman–Crippen LogP) is 4.58. The third kappa shape index (κ3) is 3.46. The first kappa shape index (κ1) is 14.3. The van der Waals surface area contributed by atoms with Crippen LogP contribution >= 0.6 is 38.9 Å². The summed E-state index contributed by atoms with van der Waals surface area (Å²) in [4.78, 5) is 11.7. The summed E-state index contributed by atoms with van der Waals surface area (Å²) in [6.07, 6.45) is 0.